The van der Waals surface area contributed by atoms with Crippen LogP contribution < -0.4 is 10.5 Å². The Morgan fingerprint density at radius 1 is 1.37 bits per heavy atom. The Morgan fingerprint density at radius 2 is 2.16 bits per heavy atom. The first-order chi connectivity index (χ1) is 9.19. The van der Waals surface area contributed by atoms with E-state index in [9.17, 15) is 0 Å². The van der Waals surface area contributed by atoms with Crippen molar-refractivity contribution in [2.24, 2.45) is 0 Å². The van der Waals surface area contributed by atoms with Gasteiger partial charge in [-0.1, -0.05) is 17.3 Å². The third kappa shape index (κ3) is 3.69. The van der Waals surface area contributed by atoms with Gasteiger partial charge in [0.05, 0.1) is 11.8 Å². The number of ether oxygens (including phenoxy) is 2. The van der Waals surface area contributed by atoms with E-state index in [1.54, 1.807) is 19.2 Å². The fourth-order valence-corrected chi connectivity index (χ4v) is 1.52. The molecule has 19 heavy (non-hydrogen) atoms. The highest BCUT2D eigenvalue weighted by molar-refractivity contribution is 5.51. The lowest BCUT2D eigenvalue weighted by Crippen LogP contribution is -2.09. The molecule has 0 fully saturated rings. The van der Waals surface area contributed by atoms with Gasteiger partial charge in [-0.3, -0.25) is 0 Å². The number of aromatic nitrogens is 2. The quantitative estimate of drug-likeness (QED) is 0.800. The number of nitrogen functional groups attached to an aromatic ring is 1. The summed E-state index contributed by atoms with van der Waals surface area (Å²) in [5.41, 5.74) is 6.34. The number of rotatable bonds is 6. The molecule has 0 amide bonds. The van der Waals surface area contributed by atoms with Crippen molar-refractivity contribution in [1.29, 1.82) is 0 Å². The molecule has 1 heterocycles. The number of nitrogens with two attached hydrogens (primary N) is 1. The fourth-order valence-electron chi connectivity index (χ4n) is 1.52. The maximum absolute atomic E-state index is 5.77. The average molecular weight is 263 g/mol. The number of hydrogen-bond acceptors (Lipinski definition) is 6. The summed E-state index contributed by atoms with van der Waals surface area (Å²) in [7, 11) is 1.65. The van der Waals surface area contributed by atoms with Gasteiger partial charge in [-0.15, -0.1) is 0 Å². The molecule has 102 valence electrons. The Morgan fingerprint density at radius 3 is 2.89 bits per heavy atom. The van der Waals surface area contributed by atoms with Crippen LogP contribution >= 0.6 is 0 Å². The van der Waals surface area contributed by atoms with Crippen molar-refractivity contribution in [1.82, 2.24) is 10.1 Å². The summed E-state index contributed by atoms with van der Waals surface area (Å²) in [4.78, 5) is 4.22. The van der Waals surface area contributed by atoms with Crippen molar-refractivity contribution in [3.8, 4) is 5.75 Å². The zero-order valence-electron chi connectivity index (χ0n) is 11.0. The second-order valence-corrected chi connectivity index (χ2v) is 4.18. The van der Waals surface area contributed by atoms with E-state index in [1.807, 2.05) is 19.1 Å². The van der Waals surface area contributed by atoms with E-state index in [0.29, 0.717) is 29.6 Å². The lowest BCUT2D eigenvalue weighted by molar-refractivity contribution is 0.116. The third-order valence-electron chi connectivity index (χ3n) is 2.65. The molecule has 6 heteroatoms. The maximum Gasteiger partial charge on any atom is 0.264 e. The normalized spacial score (nSPS) is 12.3. The molecule has 0 aliphatic heterocycles. The largest absolute Gasteiger partial charge is 0.482 e. The van der Waals surface area contributed by atoms with Crippen LogP contribution in [0.4, 0.5) is 5.69 Å². The Bertz CT molecular complexity index is 527. The van der Waals surface area contributed by atoms with Crippen molar-refractivity contribution in [3.63, 3.8) is 0 Å². The van der Waals surface area contributed by atoms with Gasteiger partial charge in [0.1, 0.15) is 5.75 Å². The molecule has 0 spiro atoms. The first-order valence-corrected chi connectivity index (χ1v) is 6.00. The first-order valence-electron chi connectivity index (χ1n) is 6.00. The second-order valence-electron chi connectivity index (χ2n) is 4.18. The summed E-state index contributed by atoms with van der Waals surface area (Å²) >= 11 is 0. The summed E-state index contributed by atoms with van der Waals surface area (Å²) in [5, 5.41) is 3.86. The van der Waals surface area contributed by atoms with E-state index in [1.165, 1.54) is 0 Å². The topological polar surface area (TPSA) is 83.4 Å². The maximum atomic E-state index is 5.77. The molecule has 0 saturated heterocycles. The van der Waals surface area contributed by atoms with Gasteiger partial charge in [0.2, 0.25) is 0 Å². The molecule has 1 aromatic heterocycles. The summed E-state index contributed by atoms with van der Waals surface area (Å²) < 4.78 is 15.7. The Balaban J connectivity index is 1.92. The van der Waals surface area contributed by atoms with Gasteiger partial charge in [-0.05, 0) is 19.1 Å². The Kier molecular flexibility index (Phi) is 4.35. The van der Waals surface area contributed by atoms with Gasteiger partial charge in [0, 0.05) is 13.5 Å². The second kappa shape index (κ2) is 6.19. The standard InChI is InChI=1S/C13H17N3O3/c1-9(17-2)7-12-15-13(19-16-12)8-18-11-6-4-3-5-10(11)14/h3-6,9H,7-8,14H2,1-2H3. The fraction of sp³-hybridized carbons (Fsp3) is 0.385. The molecule has 0 aliphatic rings. The van der Waals surface area contributed by atoms with Crippen molar-refractivity contribution in [3.05, 3.63) is 36.0 Å². The zero-order chi connectivity index (χ0) is 13.7. The summed E-state index contributed by atoms with van der Waals surface area (Å²) in [6.45, 7) is 2.14. The average Bonchev–Trinajstić information content (AvgIpc) is 2.85. The van der Waals surface area contributed by atoms with Crippen LogP contribution in [-0.4, -0.2) is 23.4 Å². The predicted octanol–water partition coefficient (Wildman–Crippen LogP) is 1.81. The Labute approximate surface area is 111 Å². The van der Waals surface area contributed by atoms with E-state index in [0.717, 1.165) is 0 Å². The van der Waals surface area contributed by atoms with Crippen molar-refractivity contribution >= 4 is 5.69 Å². The number of benzene rings is 1. The van der Waals surface area contributed by atoms with Crippen LogP contribution in [0, 0.1) is 0 Å². The molecule has 2 aromatic rings. The van der Waals surface area contributed by atoms with Crippen LogP contribution in [0.2, 0.25) is 0 Å². The van der Waals surface area contributed by atoms with Crippen LogP contribution in [0.25, 0.3) is 0 Å². The molecular formula is C13H17N3O3. The van der Waals surface area contributed by atoms with E-state index in [4.69, 9.17) is 19.7 Å². The van der Waals surface area contributed by atoms with Gasteiger partial charge >= 0.3 is 0 Å². The highest BCUT2D eigenvalue weighted by Gasteiger charge is 2.11. The molecule has 2 N–H and O–H groups in total. The minimum absolute atomic E-state index is 0.0520. The minimum Gasteiger partial charge on any atom is -0.482 e. The van der Waals surface area contributed by atoms with Crippen LogP contribution in [0.15, 0.2) is 28.8 Å². The zero-order valence-corrected chi connectivity index (χ0v) is 11.0. The van der Waals surface area contributed by atoms with Crippen LogP contribution in [0.3, 0.4) is 0 Å². The number of para-hydroxylation sites is 2. The highest BCUT2D eigenvalue weighted by Crippen LogP contribution is 2.20. The van der Waals surface area contributed by atoms with Crippen molar-refractivity contribution in [2.45, 2.75) is 26.1 Å². The number of nitrogens with zero attached hydrogens (tertiary/aromatic N) is 2. The van der Waals surface area contributed by atoms with Gasteiger partial charge in [0.25, 0.3) is 5.89 Å². The number of hydrogen-bond donors (Lipinski definition) is 1. The van der Waals surface area contributed by atoms with Gasteiger partial charge in [0.15, 0.2) is 12.4 Å². The lowest BCUT2D eigenvalue weighted by atomic mass is 10.3. The van der Waals surface area contributed by atoms with Crippen molar-refractivity contribution < 1.29 is 14.0 Å². The van der Waals surface area contributed by atoms with Crippen LogP contribution in [0.1, 0.15) is 18.6 Å². The van der Waals surface area contributed by atoms with E-state index >= 15 is 0 Å². The van der Waals surface area contributed by atoms with E-state index in [-0.39, 0.29) is 12.7 Å². The molecule has 6 nitrogen and oxygen atoms in total. The number of anilines is 1. The third-order valence-corrected chi connectivity index (χ3v) is 2.65. The van der Waals surface area contributed by atoms with Gasteiger partial charge in [-0.2, -0.15) is 4.98 Å². The number of methoxy groups -OCH3 is 1. The minimum atomic E-state index is 0.0520. The molecule has 0 radical (unpaired) electrons. The molecule has 1 unspecified atom stereocenters. The van der Waals surface area contributed by atoms with Crippen LogP contribution in [-0.2, 0) is 17.8 Å². The molecular weight excluding hydrogens is 246 g/mol. The monoisotopic (exact) mass is 263 g/mol. The summed E-state index contributed by atoms with van der Waals surface area (Å²) in [5.74, 6) is 1.63. The molecule has 1 aromatic carbocycles. The Hall–Kier alpha value is -2.08. The molecule has 0 aliphatic carbocycles. The van der Waals surface area contributed by atoms with Crippen LogP contribution in [0.5, 0.6) is 5.75 Å². The van der Waals surface area contributed by atoms with E-state index in [2.05, 4.69) is 10.1 Å². The summed E-state index contributed by atoms with van der Waals surface area (Å²) in [6.07, 6.45) is 0.657. The molecule has 0 bridgehead atoms. The molecule has 0 saturated carbocycles. The van der Waals surface area contributed by atoms with E-state index < -0.39 is 0 Å². The summed E-state index contributed by atoms with van der Waals surface area (Å²) in [6, 6.07) is 7.26. The smallest absolute Gasteiger partial charge is 0.264 e. The molecule has 2 rings (SSSR count). The molecule has 1 atom stereocenters. The first kappa shape index (κ1) is 13.4. The lowest BCUT2D eigenvalue weighted by Gasteiger charge is -2.05. The SMILES string of the molecule is COC(C)Cc1noc(COc2ccccc2N)n1. The highest BCUT2D eigenvalue weighted by atomic mass is 16.5. The van der Waals surface area contributed by atoms with Crippen molar-refractivity contribution in [2.75, 3.05) is 12.8 Å². The van der Waals surface area contributed by atoms with Gasteiger partial charge in [-0.25, -0.2) is 0 Å². The van der Waals surface area contributed by atoms with Gasteiger partial charge < -0.3 is 19.7 Å². The predicted molar refractivity (Wildman–Crippen MR) is 69.7 cm³/mol.